The summed E-state index contributed by atoms with van der Waals surface area (Å²) in [4.78, 5) is 10.4. The number of hydrogen-bond donors (Lipinski definition) is 1. The van der Waals surface area contributed by atoms with Crippen molar-refractivity contribution in [3.05, 3.63) is 0 Å². The molecule has 1 fully saturated rings. The summed E-state index contributed by atoms with van der Waals surface area (Å²) in [5, 5.41) is 8.58. The summed E-state index contributed by atoms with van der Waals surface area (Å²) in [7, 11) is 0. The minimum absolute atomic E-state index is 0.0643. The summed E-state index contributed by atoms with van der Waals surface area (Å²) in [5.74, 6) is -0.683. The van der Waals surface area contributed by atoms with Crippen molar-refractivity contribution < 1.29 is 9.90 Å². The van der Waals surface area contributed by atoms with E-state index in [0.29, 0.717) is 3.92 Å². The Hall–Kier alpha value is 0.200. The molecule has 2 atom stereocenters. The molecule has 0 amide bonds. The summed E-state index contributed by atoms with van der Waals surface area (Å²) in [6, 6.07) is 0. The molecule has 0 saturated heterocycles. The van der Waals surface area contributed by atoms with Crippen LogP contribution in [-0.4, -0.2) is 15.0 Å². The second-order valence-electron chi connectivity index (χ2n) is 2.39. The lowest BCUT2D eigenvalue weighted by molar-refractivity contribution is -0.141. The molecule has 9 heavy (non-hydrogen) atoms. The van der Waals surface area contributed by atoms with E-state index in [1.807, 2.05) is 0 Å². The average molecular weight is 240 g/mol. The van der Waals surface area contributed by atoms with Crippen molar-refractivity contribution >= 4 is 28.6 Å². The Labute approximate surface area is 67.8 Å². The van der Waals surface area contributed by atoms with Crippen LogP contribution in [0, 0.1) is 5.92 Å². The van der Waals surface area contributed by atoms with E-state index < -0.39 is 5.97 Å². The molecule has 0 heterocycles. The first-order valence-corrected chi connectivity index (χ1v) is 4.33. The number of aliphatic carboxylic acids is 1. The maximum atomic E-state index is 10.4. The Morgan fingerprint density at radius 2 is 2.22 bits per heavy atom. The third-order valence-electron chi connectivity index (χ3n) is 1.75. The minimum atomic E-state index is -0.619. The Bertz CT molecular complexity index is 124. The zero-order valence-corrected chi connectivity index (χ0v) is 7.17. The highest BCUT2D eigenvalue weighted by Crippen LogP contribution is 2.31. The van der Waals surface area contributed by atoms with E-state index in [-0.39, 0.29) is 5.92 Å². The highest BCUT2D eigenvalue weighted by atomic mass is 127. The van der Waals surface area contributed by atoms with Crippen molar-refractivity contribution in [2.75, 3.05) is 0 Å². The molecule has 0 aromatic carbocycles. The van der Waals surface area contributed by atoms with Crippen LogP contribution < -0.4 is 0 Å². The van der Waals surface area contributed by atoms with Gasteiger partial charge in [0, 0.05) is 3.92 Å². The second-order valence-corrected chi connectivity index (χ2v) is 3.99. The van der Waals surface area contributed by atoms with Crippen molar-refractivity contribution in [3.8, 4) is 0 Å². The van der Waals surface area contributed by atoms with Gasteiger partial charge in [-0.3, -0.25) is 4.79 Å². The standard InChI is InChI=1S/C6H9IO2/c7-5-3-1-2-4(5)6(8)9/h4-5H,1-3H2,(H,8,9)/t4-,5-/m1/s1. The van der Waals surface area contributed by atoms with Crippen molar-refractivity contribution in [2.24, 2.45) is 5.92 Å². The van der Waals surface area contributed by atoms with Crippen LogP contribution in [0.25, 0.3) is 0 Å². The summed E-state index contributed by atoms with van der Waals surface area (Å²) < 4.78 is 0.375. The van der Waals surface area contributed by atoms with Gasteiger partial charge in [-0.2, -0.15) is 0 Å². The van der Waals surface area contributed by atoms with Crippen LogP contribution in [0.5, 0.6) is 0 Å². The topological polar surface area (TPSA) is 37.3 Å². The van der Waals surface area contributed by atoms with Gasteiger partial charge in [-0.15, -0.1) is 0 Å². The lowest BCUT2D eigenvalue weighted by Gasteiger charge is -2.05. The van der Waals surface area contributed by atoms with Crippen LogP contribution in [-0.2, 0) is 4.79 Å². The van der Waals surface area contributed by atoms with E-state index >= 15 is 0 Å². The van der Waals surface area contributed by atoms with Gasteiger partial charge in [-0.05, 0) is 12.8 Å². The molecule has 1 aliphatic rings. The summed E-state index contributed by atoms with van der Waals surface area (Å²) in [6.45, 7) is 0. The molecule has 0 aromatic rings. The fraction of sp³-hybridized carbons (Fsp3) is 0.833. The van der Waals surface area contributed by atoms with Gasteiger partial charge in [0.1, 0.15) is 0 Å². The minimum Gasteiger partial charge on any atom is -0.481 e. The van der Waals surface area contributed by atoms with Crippen molar-refractivity contribution in [1.29, 1.82) is 0 Å². The van der Waals surface area contributed by atoms with E-state index in [4.69, 9.17) is 5.11 Å². The largest absolute Gasteiger partial charge is 0.481 e. The first-order chi connectivity index (χ1) is 4.22. The number of halogens is 1. The van der Waals surface area contributed by atoms with Crippen LogP contribution in [0.15, 0.2) is 0 Å². The zero-order chi connectivity index (χ0) is 6.85. The number of hydrogen-bond acceptors (Lipinski definition) is 1. The maximum Gasteiger partial charge on any atom is 0.307 e. The average Bonchev–Trinajstić information content (AvgIpc) is 2.13. The van der Waals surface area contributed by atoms with Crippen LogP contribution in [0.1, 0.15) is 19.3 Å². The smallest absolute Gasteiger partial charge is 0.307 e. The lowest BCUT2D eigenvalue weighted by Crippen LogP contribution is -2.17. The summed E-state index contributed by atoms with van der Waals surface area (Å²) in [6.07, 6.45) is 3.05. The predicted octanol–water partition coefficient (Wildman–Crippen LogP) is 1.67. The normalized spacial score (nSPS) is 34.8. The first-order valence-electron chi connectivity index (χ1n) is 3.08. The molecular weight excluding hydrogens is 231 g/mol. The quantitative estimate of drug-likeness (QED) is 0.559. The Morgan fingerprint density at radius 3 is 2.44 bits per heavy atom. The van der Waals surface area contributed by atoms with E-state index in [2.05, 4.69) is 22.6 Å². The molecule has 3 heteroatoms. The summed E-state index contributed by atoms with van der Waals surface area (Å²) >= 11 is 2.23. The van der Waals surface area contributed by atoms with Gasteiger partial charge < -0.3 is 5.11 Å². The number of rotatable bonds is 1. The SMILES string of the molecule is O=C(O)[C@@H]1CCC[C@H]1I. The van der Waals surface area contributed by atoms with Crippen molar-refractivity contribution in [2.45, 2.75) is 23.2 Å². The summed E-state index contributed by atoms with van der Waals surface area (Å²) in [5.41, 5.74) is 0. The first kappa shape index (κ1) is 7.31. The molecule has 0 aliphatic heterocycles. The van der Waals surface area contributed by atoms with Crippen LogP contribution in [0.4, 0.5) is 0 Å². The van der Waals surface area contributed by atoms with Gasteiger partial charge in [0.2, 0.25) is 0 Å². The predicted molar refractivity (Wildman–Crippen MR) is 42.8 cm³/mol. The Kier molecular flexibility index (Phi) is 2.32. The van der Waals surface area contributed by atoms with Crippen LogP contribution >= 0.6 is 22.6 Å². The van der Waals surface area contributed by atoms with Crippen molar-refractivity contribution in [3.63, 3.8) is 0 Å². The lowest BCUT2D eigenvalue weighted by atomic mass is 10.1. The van der Waals surface area contributed by atoms with Gasteiger partial charge in [-0.1, -0.05) is 29.0 Å². The van der Waals surface area contributed by atoms with Crippen molar-refractivity contribution in [1.82, 2.24) is 0 Å². The Morgan fingerprint density at radius 1 is 1.56 bits per heavy atom. The van der Waals surface area contributed by atoms with Crippen LogP contribution in [0.2, 0.25) is 0 Å². The highest BCUT2D eigenvalue weighted by molar-refractivity contribution is 14.1. The molecule has 1 saturated carbocycles. The monoisotopic (exact) mass is 240 g/mol. The van der Waals surface area contributed by atoms with E-state index in [9.17, 15) is 4.79 Å². The fourth-order valence-corrected chi connectivity index (χ4v) is 2.30. The molecule has 0 spiro atoms. The Balaban J connectivity index is 2.49. The molecular formula is C6H9IO2. The molecule has 1 N–H and O–H groups in total. The molecule has 52 valence electrons. The number of carboxylic acid groups (broad SMARTS) is 1. The van der Waals surface area contributed by atoms with Gasteiger partial charge >= 0.3 is 5.97 Å². The number of carbonyl (C=O) groups is 1. The molecule has 0 radical (unpaired) electrons. The fourth-order valence-electron chi connectivity index (χ4n) is 1.19. The third kappa shape index (κ3) is 1.56. The molecule has 1 rings (SSSR count). The third-order valence-corrected chi connectivity index (χ3v) is 3.24. The molecule has 0 aromatic heterocycles. The molecule has 2 nitrogen and oxygen atoms in total. The number of carboxylic acids is 1. The molecule has 0 bridgehead atoms. The second kappa shape index (κ2) is 2.86. The molecule has 1 aliphatic carbocycles. The van der Waals surface area contributed by atoms with Gasteiger partial charge in [-0.25, -0.2) is 0 Å². The zero-order valence-electron chi connectivity index (χ0n) is 5.01. The number of alkyl halides is 1. The van der Waals surface area contributed by atoms with E-state index in [0.717, 1.165) is 19.3 Å². The maximum absolute atomic E-state index is 10.4. The van der Waals surface area contributed by atoms with E-state index in [1.54, 1.807) is 0 Å². The van der Waals surface area contributed by atoms with Gasteiger partial charge in [0.05, 0.1) is 5.92 Å². The highest BCUT2D eigenvalue weighted by Gasteiger charge is 2.30. The van der Waals surface area contributed by atoms with Gasteiger partial charge in [0.15, 0.2) is 0 Å². The molecule has 0 unspecified atom stereocenters. The van der Waals surface area contributed by atoms with E-state index in [1.165, 1.54) is 0 Å². The van der Waals surface area contributed by atoms with Crippen LogP contribution in [0.3, 0.4) is 0 Å². The van der Waals surface area contributed by atoms with Gasteiger partial charge in [0.25, 0.3) is 0 Å².